The van der Waals surface area contributed by atoms with Gasteiger partial charge in [0.25, 0.3) is 0 Å². The van der Waals surface area contributed by atoms with Gasteiger partial charge in [0.1, 0.15) is 22.6 Å². The van der Waals surface area contributed by atoms with Gasteiger partial charge in [-0.25, -0.2) is 20.0 Å². The lowest BCUT2D eigenvalue weighted by Crippen LogP contribution is -2.50. The minimum absolute atomic E-state index is 0.00621. The third-order valence-corrected chi connectivity index (χ3v) is 7.90. The molecule has 5 heterocycles. The topological polar surface area (TPSA) is 116 Å². The normalized spacial score (nSPS) is 14.3. The van der Waals surface area contributed by atoms with Gasteiger partial charge in [0.2, 0.25) is 0 Å². The third-order valence-electron chi connectivity index (χ3n) is 7.90. The van der Waals surface area contributed by atoms with Crippen molar-refractivity contribution in [3.05, 3.63) is 94.9 Å². The number of aliphatic hydroxyl groups is 1. The number of aliphatic hydroxyl groups excluding tert-OH is 1. The highest BCUT2D eigenvalue weighted by Gasteiger charge is 2.38. The average molecular weight is 588 g/mol. The summed E-state index contributed by atoms with van der Waals surface area (Å²) >= 11 is 0. The van der Waals surface area contributed by atoms with Gasteiger partial charge in [0.15, 0.2) is 11.7 Å². The van der Waals surface area contributed by atoms with Gasteiger partial charge in [-0.1, -0.05) is 72.8 Å². The Kier molecular flexibility index (Phi) is 7.13. The van der Waals surface area contributed by atoms with Crippen LogP contribution < -0.4 is 11.0 Å². The van der Waals surface area contributed by atoms with Crippen LogP contribution in [0.15, 0.2) is 92.8 Å². The van der Waals surface area contributed by atoms with E-state index in [0.717, 1.165) is 55.3 Å². The van der Waals surface area contributed by atoms with Crippen molar-refractivity contribution in [2.24, 2.45) is 20.0 Å². The van der Waals surface area contributed by atoms with Crippen molar-refractivity contribution in [1.29, 1.82) is 0 Å². The molecule has 11 nitrogen and oxygen atoms in total. The summed E-state index contributed by atoms with van der Waals surface area (Å²) in [6, 6.07) is 24.4. The summed E-state index contributed by atoms with van der Waals surface area (Å²) in [5, 5.41) is 12.7. The van der Waals surface area contributed by atoms with E-state index in [9.17, 15) is 0 Å². The molecule has 0 atom stereocenters. The third kappa shape index (κ3) is 4.50. The maximum absolute atomic E-state index is 8.78. The molecule has 0 aliphatic carbocycles. The Labute approximate surface area is 252 Å². The molecule has 0 saturated carbocycles. The molecule has 5 aromatic rings. The molecule has 3 aromatic carbocycles. The monoisotopic (exact) mass is 588 g/mol. The van der Waals surface area contributed by atoms with Crippen molar-refractivity contribution in [1.82, 2.24) is 8.96 Å². The number of hydrogen-bond donors (Lipinski definition) is 1. The molecule has 3 aliphatic rings. The molecular weight excluding hydrogens is 559 g/mol. The molecule has 0 fully saturated rings. The lowest BCUT2D eigenvalue weighted by atomic mass is 9.98. The molecule has 44 heavy (non-hydrogen) atoms. The number of benzene rings is 3. The van der Waals surface area contributed by atoms with Crippen molar-refractivity contribution < 1.29 is 24.0 Å². The van der Waals surface area contributed by atoms with Crippen LogP contribution in [0.25, 0.3) is 21.5 Å². The Balaban J connectivity index is 1.21. The average Bonchev–Trinajstić information content (AvgIpc) is 3.68. The molecule has 12 heteroatoms. The molecule has 0 amide bonds. The van der Waals surface area contributed by atoms with Crippen LogP contribution in [0.5, 0.6) is 0 Å². The summed E-state index contributed by atoms with van der Waals surface area (Å²) in [5.74, 6) is 2.74. The number of fused-ring (bicyclic) bond motifs is 10. The summed E-state index contributed by atoms with van der Waals surface area (Å²) in [5.41, 5.74) is 3.39. The van der Waals surface area contributed by atoms with Crippen LogP contribution in [0.3, 0.4) is 0 Å². The zero-order chi connectivity index (χ0) is 29.5. The van der Waals surface area contributed by atoms with Crippen LogP contribution in [0.2, 0.25) is 0 Å². The molecule has 0 saturated heterocycles. The number of ether oxygens (including phenoxy) is 3. The maximum Gasteiger partial charge on any atom is 0.562 e. The molecule has 1 N–H and O–H groups in total. The Bertz CT molecular complexity index is 2080. The Hall–Kier alpha value is -4.46. The van der Waals surface area contributed by atoms with Gasteiger partial charge in [-0.05, 0) is 0 Å². The first-order chi connectivity index (χ1) is 21.8. The van der Waals surface area contributed by atoms with Gasteiger partial charge in [-0.2, -0.15) is 0 Å². The van der Waals surface area contributed by atoms with Crippen molar-refractivity contribution in [3.63, 3.8) is 0 Å². The predicted octanol–water partition coefficient (Wildman–Crippen LogP) is 2.77. The minimum atomic E-state index is -0.611. The van der Waals surface area contributed by atoms with Gasteiger partial charge < -0.3 is 32.9 Å². The lowest BCUT2D eigenvalue weighted by Gasteiger charge is -2.23. The second-order valence-electron chi connectivity index (χ2n) is 10.5. The zero-order valence-electron chi connectivity index (χ0n) is 23.9. The Morgan fingerprint density at radius 1 is 0.523 bits per heavy atom. The molecule has 0 spiro atoms. The predicted molar refractivity (Wildman–Crippen MR) is 167 cm³/mol. The standard InChI is InChI=1S/C32H29BN6O5/c40-13-14-41-15-16-42-17-18-43-19-20-44-33-38-29-23-9-3-5-11-25(23)31(38)37-32-26-12-6-4-10-24(26)30(39(32)33)36-28-22-8-2-1-7-21(22)27(34-28)35-29/h1-12,40H,13-20H2. The molecule has 0 radical (unpaired) electrons. The largest absolute Gasteiger partial charge is 0.562 e. The fourth-order valence-electron chi connectivity index (χ4n) is 5.99. The van der Waals surface area contributed by atoms with Crippen molar-refractivity contribution in [3.8, 4) is 0 Å². The van der Waals surface area contributed by atoms with Crippen LogP contribution in [-0.2, 0) is 18.9 Å². The molecular formula is C32H29BN6O5. The number of rotatable bonds is 12. The summed E-state index contributed by atoms with van der Waals surface area (Å²) in [6.07, 6.45) is 0. The van der Waals surface area contributed by atoms with E-state index in [-0.39, 0.29) is 6.61 Å². The summed E-state index contributed by atoms with van der Waals surface area (Å²) in [6.45, 7) is 2.78. The SMILES string of the molecule is OCCOCCOCCOCCOB1n2c3c4ccccc4c2N=c2c4ccccc4c(n21)=NC1=NC(=N3)c2ccccc21. The highest BCUT2D eigenvalue weighted by atomic mass is 16.6. The molecule has 8 rings (SSSR count). The number of aliphatic imine (C=N–C) groups is 2. The van der Waals surface area contributed by atoms with E-state index in [4.69, 9.17) is 43.9 Å². The van der Waals surface area contributed by atoms with E-state index < -0.39 is 7.19 Å². The van der Waals surface area contributed by atoms with Crippen LogP contribution in [0.4, 0.5) is 11.6 Å². The van der Waals surface area contributed by atoms with Crippen molar-refractivity contribution in [2.75, 3.05) is 52.9 Å². The quantitative estimate of drug-likeness (QED) is 0.178. The number of hydrogen-bond acceptors (Lipinski definition) is 9. The zero-order valence-corrected chi connectivity index (χ0v) is 23.9. The van der Waals surface area contributed by atoms with E-state index in [1.165, 1.54) is 0 Å². The van der Waals surface area contributed by atoms with Gasteiger partial charge in [0, 0.05) is 32.7 Å². The fourth-order valence-corrected chi connectivity index (χ4v) is 5.99. The highest BCUT2D eigenvalue weighted by Crippen LogP contribution is 2.40. The smallest absolute Gasteiger partial charge is 0.395 e. The number of nitrogens with zero attached hydrogens (tertiary/aromatic N) is 6. The van der Waals surface area contributed by atoms with Crippen LogP contribution in [-0.4, -0.2) is 85.8 Å². The molecule has 2 aromatic heterocycles. The lowest BCUT2D eigenvalue weighted by molar-refractivity contribution is 0.00322. The van der Waals surface area contributed by atoms with E-state index in [2.05, 4.69) is 33.2 Å². The number of aromatic nitrogens is 2. The Morgan fingerprint density at radius 2 is 1.02 bits per heavy atom. The van der Waals surface area contributed by atoms with Gasteiger partial charge in [-0.3, -0.25) is 0 Å². The number of amidine groups is 2. The van der Waals surface area contributed by atoms with E-state index in [1.54, 1.807) is 0 Å². The van der Waals surface area contributed by atoms with Crippen LogP contribution in [0, 0.1) is 0 Å². The van der Waals surface area contributed by atoms with Crippen molar-refractivity contribution >= 4 is 52.0 Å². The molecule has 3 aliphatic heterocycles. The first kappa shape index (κ1) is 27.1. The van der Waals surface area contributed by atoms with Gasteiger partial charge >= 0.3 is 7.19 Å². The molecule has 220 valence electrons. The minimum Gasteiger partial charge on any atom is -0.395 e. The van der Waals surface area contributed by atoms with E-state index in [1.807, 2.05) is 48.5 Å². The second-order valence-corrected chi connectivity index (χ2v) is 10.5. The van der Waals surface area contributed by atoms with Gasteiger partial charge in [0.05, 0.1) is 52.9 Å². The molecule has 4 bridgehead atoms. The van der Waals surface area contributed by atoms with E-state index >= 15 is 0 Å². The first-order valence-corrected chi connectivity index (χ1v) is 14.8. The van der Waals surface area contributed by atoms with Gasteiger partial charge in [-0.15, -0.1) is 0 Å². The summed E-state index contributed by atoms with van der Waals surface area (Å²) in [4.78, 5) is 20.5. The highest BCUT2D eigenvalue weighted by molar-refractivity contribution is 6.51. The first-order valence-electron chi connectivity index (χ1n) is 14.8. The van der Waals surface area contributed by atoms with Crippen LogP contribution in [0.1, 0.15) is 11.1 Å². The van der Waals surface area contributed by atoms with E-state index in [0.29, 0.717) is 57.9 Å². The second kappa shape index (κ2) is 11.6. The van der Waals surface area contributed by atoms with Crippen LogP contribution >= 0.6 is 0 Å². The fraction of sp³-hybridized carbons (Fsp3) is 0.250. The summed E-state index contributed by atoms with van der Waals surface area (Å²) < 4.78 is 27.4. The maximum atomic E-state index is 8.78. The summed E-state index contributed by atoms with van der Waals surface area (Å²) in [7, 11) is -0.611. The molecule has 0 unspecified atom stereocenters. The van der Waals surface area contributed by atoms with Crippen molar-refractivity contribution in [2.45, 2.75) is 0 Å². The Morgan fingerprint density at radius 3 is 1.66 bits per heavy atom.